The van der Waals surface area contributed by atoms with Crippen molar-refractivity contribution >= 4 is 15.8 Å². The third kappa shape index (κ3) is 0.942. The number of amides is 1. The zero-order chi connectivity index (χ0) is 3.70. The molecule has 1 aliphatic rings. The Morgan fingerprint density at radius 1 is 1.67 bits per heavy atom. The summed E-state index contributed by atoms with van der Waals surface area (Å²) in [5.74, 6) is 0.185. The topological polar surface area (TPSA) is 29.1 Å². The first-order chi connectivity index (χ1) is 2.39. The molecule has 0 aromatic rings. The maximum absolute atomic E-state index is 9.79. The van der Waals surface area contributed by atoms with Gasteiger partial charge in [-0.05, 0) is 9.90 Å². The van der Waals surface area contributed by atoms with Crippen molar-refractivity contribution in [2.75, 3.05) is 6.54 Å². The van der Waals surface area contributed by atoms with Crippen LogP contribution < -0.4 is 5.32 Å². The molecule has 1 amide bonds. The zero-order valence-electron chi connectivity index (χ0n) is 3.82. The summed E-state index contributed by atoms with van der Waals surface area (Å²) >= 11 is 0. The Balaban J connectivity index is 0.000000250. The quantitative estimate of drug-likeness (QED) is 0.321. The number of rotatable bonds is 0. The number of β-lactam (4-membered cyclic amide) rings is 1. The van der Waals surface area contributed by atoms with E-state index in [0.717, 1.165) is 13.0 Å². The molecule has 3 heteroatoms. The summed E-state index contributed by atoms with van der Waals surface area (Å²) < 4.78 is 0. The molecule has 1 atom stereocenters. The molecule has 1 aliphatic heterocycles. The molecule has 1 fully saturated rings. The number of carbonyl (C=O) groups is 1. The minimum atomic E-state index is 0. The molecule has 0 saturated carbocycles. The summed E-state index contributed by atoms with van der Waals surface area (Å²) in [5.41, 5.74) is 0. The second kappa shape index (κ2) is 2.14. The summed E-state index contributed by atoms with van der Waals surface area (Å²) in [7, 11) is 0. The Morgan fingerprint density at radius 3 is 2.00 bits per heavy atom. The van der Waals surface area contributed by atoms with Crippen molar-refractivity contribution in [1.29, 1.82) is 0 Å². The second-order valence-corrected chi connectivity index (χ2v) is 1.10. The first kappa shape index (κ1) is 5.90. The van der Waals surface area contributed by atoms with Crippen LogP contribution in [0.25, 0.3) is 0 Å². The second-order valence-electron chi connectivity index (χ2n) is 1.10. The largest absolute Gasteiger partial charge is 0.356 e. The van der Waals surface area contributed by atoms with Crippen LogP contribution in [0, 0.1) is 0 Å². The molecule has 0 spiro atoms. The lowest BCUT2D eigenvalue weighted by Gasteiger charge is -2.10. The molecule has 1 rings (SSSR count). The highest BCUT2D eigenvalue weighted by Gasteiger charge is 2.07. The van der Waals surface area contributed by atoms with Crippen molar-refractivity contribution in [3.8, 4) is 0 Å². The minimum Gasteiger partial charge on any atom is -0.356 e. The van der Waals surface area contributed by atoms with Gasteiger partial charge in [-0.1, -0.05) is 0 Å². The first-order valence-corrected chi connectivity index (χ1v) is 1.66. The highest BCUT2D eigenvalue weighted by molar-refractivity contribution is 6.92. The van der Waals surface area contributed by atoms with Crippen LogP contribution in [0.2, 0.25) is 0 Å². The lowest BCUT2D eigenvalue weighted by Crippen LogP contribution is -2.37. The van der Waals surface area contributed by atoms with E-state index < -0.39 is 0 Å². The van der Waals surface area contributed by atoms with Gasteiger partial charge in [-0.15, -0.1) is 0 Å². The normalized spacial score (nSPS) is 17.0. The number of nitrogens with one attached hydrogen (secondary N) is 1. The molecule has 6 heavy (non-hydrogen) atoms. The van der Waals surface area contributed by atoms with Crippen LogP contribution >= 0.6 is 9.90 Å². The third-order valence-corrected chi connectivity index (χ3v) is 0.674. The van der Waals surface area contributed by atoms with Crippen LogP contribution in [-0.2, 0) is 4.79 Å². The van der Waals surface area contributed by atoms with E-state index in [2.05, 4.69) is 5.32 Å². The maximum atomic E-state index is 9.79. The van der Waals surface area contributed by atoms with Gasteiger partial charge in [0.05, 0.1) is 0 Å². The Bertz CT molecular complexity index is 57.8. The SMILES string of the molecule is O=C1CCN1.[PH4+]. The highest BCUT2D eigenvalue weighted by atomic mass is 31.0. The molecule has 2 nitrogen and oxygen atoms in total. The Hall–Kier alpha value is -0.100. The maximum Gasteiger partial charge on any atom is 0.221 e. The predicted molar refractivity (Wildman–Crippen MR) is 30.1 cm³/mol. The molecule has 1 saturated heterocycles. The number of hydrogen-bond donors (Lipinski definition) is 1. The lowest BCUT2D eigenvalue weighted by atomic mass is 10.3. The molecule has 36 valence electrons. The molecule has 1 heterocycles. The minimum absolute atomic E-state index is 0. The molecular formula is C3H9NOP+. The summed E-state index contributed by atoms with van der Waals surface area (Å²) in [4.78, 5) is 9.79. The van der Waals surface area contributed by atoms with Gasteiger partial charge in [-0.3, -0.25) is 4.79 Å². The van der Waals surface area contributed by atoms with Gasteiger partial charge in [-0.25, -0.2) is 0 Å². The Kier molecular flexibility index (Phi) is 2.11. The fraction of sp³-hybridized carbons (Fsp3) is 0.667. The predicted octanol–water partition coefficient (Wildman–Crippen LogP) is -0.703. The van der Waals surface area contributed by atoms with E-state index in [4.69, 9.17) is 0 Å². The third-order valence-electron chi connectivity index (χ3n) is 0.674. The van der Waals surface area contributed by atoms with E-state index in [1.165, 1.54) is 0 Å². The lowest BCUT2D eigenvalue weighted by molar-refractivity contribution is -0.125. The molecule has 0 bridgehead atoms. The Morgan fingerprint density at radius 2 is 2.00 bits per heavy atom. The van der Waals surface area contributed by atoms with Gasteiger partial charge in [-0.2, -0.15) is 0 Å². The number of carbonyl (C=O) groups excluding carboxylic acids is 1. The summed E-state index contributed by atoms with van der Waals surface area (Å²) in [6.07, 6.45) is 0.736. The van der Waals surface area contributed by atoms with E-state index in [9.17, 15) is 4.79 Å². The summed E-state index contributed by atoms with van der Waals surface area (Å²) in [5, 5.41) is 2.57. The molecular weight excluding hydrogens is 97.0 g/mol. The van der Waals surface area contributed by atoms with Crippen molar-refractivity contribution < 1.29 is 4.79 Å². The van der Waals surface area contributed by atoms with E-state index in [1.54, 1.807) is 0 Å². The summed E-state index contributed by atoms with van der Waals surface area (Å²) in [6, 6.07) is 0. The molecule has 0 aromatic heterocycles. The Labute approximate surface area is 39.9 Å². The average Bonchev–Trinajstić information content (AvgIpc) is 1.30. The van der Waals surface area contributed by atoms with E-state index >= 15 is 0 Å². The molecule has 0 radical (unpaired) electrons. The van der Waals surface area contributed by atoms with Crippen molar-refractivity contribution in [2.24, 2.45) is 0 Å². The molecule has 0 aromatic carbocycles. The average molecular weight is 106 g/mol. The first-order valence-electron chi connectivity index (χ1n) is 1.66. The highest BCUT2D eigenvalue weighted by Crippen LogP contribution is 1.85. The van der Waals surface area contributed by atoms with Crippen LogP contribution in [0.3, 0.4) is 0 Å². The van der Waals surface area contributed by atoms with Gasteiger partial charge < -0.3 is 5.32 Å². The van der Waals surface area contributed by atoms with Gasteiger partial charge in [0.15, 0.2) is 0 Å². The zero-order valence-corrected chi connectivity index (χ0v) is 5.82. The smallest absolute Gasteiger partial charge is 0.221 e. The van der Waals surface area contributed by atoms with E-state index in [-0.39, 0.29) is 15.8 Å². The van der Waals surface area contributed by atoms with Crippen LogP contribution in [0.5, 0.6) is 0 Å². The summed E-state index contributed by atoms with van der Waals surface area (Å²) in [6.45, 7) is 0.888. The van der Waals surface area contributed by atoms with Gasteiger partial charge in [0.1, 0.15) is 0 Å². The van der Waals surface area contributed by atoms with Gasteiger partial charge in [0, 0.05) is 13.0 Å². The van der Waals surface area contributed by atoms with Crippen molar-refractivity contribution in [3.05, 3.63) is 0 Å². The van der Waals surface area contributed by atoms with Crippen LogP contribution in [-0.4, -0.2) is 12.5 Å². The van der Waals surface area contributed by atoms with E-state index in [1.807, 2.05) is 0 Å². The van der Waals surface area contributed by atoms with Crippen LogP contribution in [0.1, 0.15) is 6.42 Å². The fourth-order valence-corrected chi connectivity index (χ4v) is 0.227. The van der Waals surface area contributed by atoms with Crippen molar-refractivity contribution in [2.45, 2.75) is 6.42 Å². The molecule has 1 N–H and O–H groups in total. The van der Waals surface area contributed by atoms with Gasteiger partial charge in [0.25, 0.3) is 0 Å². The van der Waals surface area contributed by atoms with Gasteiger partial charge >= 0.3 is 0 Å². The molecule has 1 unspecified atom stereocenters. The van der Waals surface area contributed by atoms with Crippen LogP contribution in [0.4, 0.5) is 0 Å². The van der Waals surface area contributed by atoms with Gasteiger partial charge in [0.2, 0.25) is 5.91 Å². The van der Waals surface area contributed by atoms with Crippen molar-refractivity contribution in [3.63, 3.8) is 0 Å². The van der Waals surface area contributed by atoms with Crippen molar-refractivity contribution in [1.82, 2.24) is 5.32 Å². The fourth-order valence-electron chi connectivity index (χ4n) is 0.227. The molecule has 0 aliphatic carbocycles. The number of hydrogen-bond acceptors (Lipinski definition) is 1. The van der Waals surface area contributed by atoms with E-state index in [0.29, 0.717) is 0 Å². The van der Waals surface area contributed by atoms with Crippen LogP contribution in [0.15, 0.2) is 0 Å². The standard InChI is InChI=1S/C3H5NO.H3P/c5-3-1-2-4-3;/h1-2H2,(H,4,5);1H3/p+1. The monoisotopic (exact) mass is 106 g/mol.